The van der Waals surface area contributed by atoms with E-state index in [9.17, 15) is 4.79 Å². The van der Waals surface area contributed by atoms with Crippen LogP contribution >= 0.6 is 0 Å². The Morgan fingerprint density at radius 1 is 0.400 bits per heavy atom. The van der Waals surface area contributed by atoms with Crippen LogP contribution in [0.25, 0.3) is 0 Å². The van der Waals surface area contributed by atoms with Crippen molar-refractivity contribution in [2.24, 2.45) is 0 Å². The molecule has 0 saturated carbocycles. The maximum absolute atomic E-state index is 11.8. The maximum Gasteiger partial charge on any atom is 0.132 e. The van der Waals surface area contributed by atoms with Gasteiger partial charge >= 0.3 is 0 Å². The van der Waals surface area contributed by atoms with Gasteiger partial charge in [-0.05, 0) is 12.8 Å². The molecule has 0 aliphatic rings. The van der Waals surface area contributed by atoms with Crippen LogP contribution in [0.3, 0.4) is 0 Å². The summed E-state index contributed by atoms with van der Waals surface area (Å²) in [5.41, 5.74) is 0. The van der Waals surface area contributed by atoms with Gasteiger partial charge in [0.05, 0.1) is 0 Å². The van der Waals surface area contributed by atoms with E-state index in [-0.39, 0.29) is 0 Å². The third kappa shape index (κ3) is 21.6. The molecule has 0 saturated heterocycles. The van der Waals surface area contributed by atoms with Gasteiger partial charge in [-0.3, -0.25) is 4.79 Å². The van der Waals surface area contributed by atoms with E-state index >= 15 is 0 Å². The molecule has 0 unspecified atom stereocenters. The average molecular weight is 353 g/mol. The fraction of sp³-hybridized carbons (Fsp3) is 0.958. The molecule has 0 bridgehead atoms. The summed E-state index contributed by atoms with van der Waals surface area (Å²) in [6.45, 7) is 4.52. The van der Waals surface area contributed by atoms with Gasteiger partial charge in [0.15, 0.2) is 0 Å². The Balaban J connectivity index is 3.09. The van der Waals surface area contributed by atoms with Crippen molar-refractivity contribution in [2.75, 3.05) is 0 Å². The van der Waals surface area contributed by atoms with Crippen LogP contribution in [0, 0.1) is 0 Å². The summed E-state index contributed by atoms with van der Waals surface area (Å²) < 4.78 is 0. The van der Waals surface area contributed by atoms with E-state index in [1.165, 1.54) is 109 Å². The minimum atomic E-state index is 0.510. The summed E-state index contributed by atoms with van der Waals surface area (Å²) in [6, 6.07) is 0. The topological polar surface area (TPSA) is 17.1 Å². The number of rotatable bonds is 21. The molecule has 25 heavy (non-hydrogen) atoms. The van der Waals surface area contributed by atoms with Crippen molar-refractivity contribution in [3.63, 3.8) is 0 Å². The highest BCUT2D eigenvalue weighted by Crippen LogP contribution is 2.14. The Kier molecular flexibility index (Phi) is 21.4. The lowest BCUT2D eigenvalue weighted by atomic mass is 10.0. The standard InChI is InChI=1S/C24H48O/c1-3-5-7-9-10-11-12-13-14-15-16-17-19-21-23-24(25)22-20-18-8-6-4-2/h3-23H2,1-2H3. The number of unbranched alkanes of at least 4 members (excludes halogenated alkanes) is 17. The summed E-state index contributed by atoms with van der Waals surface area (Å²) in [5.74, 6) is 0.510. The van der Waals surface area contributed by atoms with Gasteiger partial charge < -0.3 is 0 Å². The summed E-state index contributed by atoms with van der Waals surface area (Å²) in [5, 5.41) is 0. The molecule has 0 aliphatic heterocycles. The lowest BCUT2D eigenvalue weighted by Crippen LogP contribution is -1.97. The second-order valence-electron chi connectivity index (χ2n) is 8.05. The normalized spacial score (nSPS) is 11.1. The molecule has 1 nitrogen and oxygen atoms in total. The fourth-order valence-corrected chi connectivity index (χ4v) is 3.57. The van der Waals surface area contributed by atoms with Gasteiger partial charge in [0.2, 0.25) is 0 Å². The zero-order chi connectivity index (χ0) is 18.4. The molecular formula is C24H48O. The second kappa shape index (κ2) is 21.7. The Morgan fingerprint density at radius 2 is 0.640 bits per heavy atom. The number of carbonyl (C=O) groups excluding carboxylic acids is 1. The first-order valence-electron chi connectivity index (χ1n) is 11.8. The molecule has 150 valence electrons. The van der Waals surface area contributed by atoms with Gasteiger partial charge in [0.25, 0.3) is 0 Å². The zero-order valence-electron chi connectivity index (χ0n) is 17.8. The SMILES string of the molecule is CCCCCCCCCCCCCCCCC(=O)CCCCCCC. The first kappa shape index (κ1) is 24.7. The Hall–Kier alpha value is -0.330. The highest BCUT2D eigenvalue weighted by Gasteiger charge is 2.01. The summed E-state index contributed by atoms with van der Waals surface area (Å²) in [7, 11) is 0. The van der Waals surface area contributed by atoms with Crippen molar-refractivity contribution in [2.45, 2.75) is 149 Å². The van der Waals surface area contributed by atoms with Gasteiger partial charge in [-0.1, -0.05) is 123 Å². The van der Waals surface area contributed by atoms with Gasteiger partial charge in [0.1, 0.15) is 5.78 Å². The summed E-state index contributed by atoms with van der Waals surface area (Å²) in [4.78, 5) is 11.8. The van der Waals surface area contributed by atoms with Crippen LogP contribution in [0.4, 0.5) is 0 Å². The van der Waals surface area contributed by atoms with Crippen LogP contribution < -0.4 is 0 Å². The number of ketones is 1. The molecule has 0 N–H and O–H groups in total. The van der Waals surface area contributed by atoms with Gasteiger partial charge in [0, 0.05) is 12.8 Å². The first-order valence-corrected chi connectivity index (χ1v) is 11.8. The van der Waals surface area contributed by atoms with Crippen molar-refractivity contribution in [3.8, 4) is 0 Å². The van der Waals surface area contributed by atoms with E-state index in [4.69, 9.17) is 0 Å². The smallest absolute Gasteiger partial charge is 0.132 e. The van der Waals surface area contributed by atoms with Gasteiger partial charge in [-0.25, -0.2) is 0 Å². The Bertz CT molecular complexity index is 259. The largest absolute Gasteiger partial charge is 0.300 e. The Morgan fingerprint density at radius 3 is 0.920 bits per heavy atom. The fourth-order valence-electron chi connectivity index (χ4n) is 3.57. The average Bonchev–Trinajstić information content (AvgIpc) is 2.62. The maximum atomic E-state index is 11.8. The molecule has 0 fully saturated rings. The summed E-state index contributed by atoms with van der Waals surface area (Å²) >= 11 is 0. The van der Waals surface area contributed by atoms with Crippen LogP contribution in [0.15, 0.2) is 0 Å². The molecule has 0 aliphatic carbocycles. The molecule has 0 heterocycles. The highest BCUT2D eigenvalue weighted by atomic mass is 16.1. The number of Topliss-reactive ketones (excluding diaryl/α,β-unsaturated/α-hetero) is 1. The molecular weight excluding hydrogens is 304 g/mol. The molecule has 0 rings (SSSR count). The minimum absolute atomic E-state index is 0.510. The Labute approximate surface area is 159 Å². The first-order chi connectivity index (χ1) is 12.3. The minimum Gasteiger partial charge on any atom is -0.300 e. The van der Waals surface area contributed by atoms with Gasteiger partial charge in [-0.2, -0.15) is 0 Å². The highest BCUT2D eigenvalue weighted by molar-refractivity contribution is 5.78. The zero-order valence-corrected chi connectivity index (χ0v) is 17.8. The van der Waals surface area contributed by atoms with E-state index < -0.39 is 0 Å². The van der Waals surface area contributed by atoms with Crippen LogP contribution in [0.5, 0.6) is 0 Å². The van der Waals surface area contributed by atoms with E-state index in [0.29, 0.717) is 5.78 Å². The number of carbonyl (C=O) groups is 1. The predicted octanol–water partition coefficient (Wildman–Crippen LogP) is 8.79. The second-order valence-corrected chi connectivity index (χ2v) is 8.05. The van der Waals surface area contributed by atoms with E-state index in [2.05, 4.69) is 13.8 Å². The molecule has 0 aromatic rings. The van der Waals surface area contributed by atoms with Crippen LogP contribution in [-0.4, -0.2) is 5.78 Å². The third-order valence-corrected chi connectivity index (χ3v) is 5.37. The quantitative estimate of drug-likeness (QED) is 0.189. The van der Waals surface area contributed by atoms with E-state index in [0.717, 1.165) is 25.7 Å². The van der Waals surface area contributed by atoms with Crippen molar-refractivity contribution in [1.82, 2.24) is 0 Å². The van der Waals surface area contributed by atoms with Crippen molar-refractivity contribution < 1.29 is 4.79 Å². The van der Waals surface area contributed by atoms with Gasteiger partial charge in [-0.15, -0.1) is 0 Å². The molecule has 0 atom stereocenters. The van der Waals surface area contributed by atoms with Crippen LogP contribution in [0.2, 0.25) is 0 Å². The van der Waals surface area contributed by atoms with Crippen molar-refractivity contribution >= 4 is 5.78 Å². The third-order valence-electron chi connectivity index (χ3n) is 5.37. The van der Waals surface area contributed by atoms with Crippen molar-refractivity contribution in [1.29, 1.82) is 0 Å². The molecule has 0 aromatic carbocycles. The molecule has 0 aromatic heterocycles. The lowest BCUT2D eigenvalue weighted by Gasteiger charge is -2.04. The van der Waals surface area contributed by atoms with Crippen molar-refractivity contribution in [3.05, 3.63) is 0 Å². The molecule has 1 heteroatoms. The molecule has 0 radical (unpaired) electrons. The predicted molar refractivity (Wildman–Crippen MR) is 113 cm³/mol. The van der Waals surface area contributed by atoms with Crippen LogP contribution in [0.1, 0.15) is 149 Å². The number of hydrogen-bond donors (Lipinski definition) is 0. The lowest BCUT2D eigenvalue weighted by molar-refractivity contribution is -0.119. The molecule has 0 spiro atoms. The monoisotopic (exact) mass is 352 g/mol. The molecule has 0 amide bonds. The van der Waals surface area contributed by atoms with Crippen LogP contribution in [-0.2, 0) is 4.79 Å². The van der Waals surface area contributed by atoms with E-state index in [1.54, 1.807) is 0 Å². The number of hydrogen-bond acceptors (Lipinski definition) is 1. The summed E-state index contributed by atoms with van der Waals surface area (Å²) in [6.07, 6.45) is 27.3. The van der Waals surface area contributed by atoms with E-state index in [1.807, 2.05) is 0 Å².